The molecule has 0 heterocycles. The van der Waals surface area contributed by atoms with Gasteiger partial charge < -0.3 is 4.74 Å². The van der Waals surface area contributed by atoms with Crippen LogP contribution in [0, 0.1) is 0 Å². The lowest BCUT2D eigenvalue weighted by Gasteiger charge is -2.03. The molecular formula is C21H18O. The van der Waals surface area contributed by atoms with E-state index >= 15 is 0 Å². The number of hydrogen-bond acceptors (Lipinski definition) is 1. The largest absolute Gasteiger partial charge is 0.496 e. The molecule has 0 radical (unpaired) electrons. The molecule has 0 aromatic heterocycles. The van der Waals surface area contributed by atoms with Crippen LogP contribution in [-0.2, 0) is 0 Å². The third-order valence-electron chi connectivity index (χ3n) is 3.63. The minimum absolute atomic E-state index is 0.938. The third kappa shape index (κ3) is 3.09. The van der Waals surface area contributed by atoms with E-state index in [1.807, 2.05) is 24.3 Å². The zero-order valence-electron chi connectivity index (χ0n) is 12.6. The SMILES string of the molecule is COc1cccc2ccccc12.c1ccc2ccccc2c1. The van der Waals surface area contributed by atoms with E-state index in [1.54, 1.807) is 7.11 Å². The van der Waals surface area contributed by atoms with Crippen molar-refractivity contribution in [2.45, 2.75) is 0 Å². The first-order chi connectivity index (χ1) is 10.9. The maximum Gasteiger partial charge on any atom is 0.126 e. The highest BCUT2D eigenvalue weighted by Gasteiger charge is 1.97. The standard InChI is InChI=1S/C11H10O.C10H8/c1-12-11-8-4-6-9-5-2-3-7-10(9)11;1-2-6-10-8-4-3-7-9(10)5-1/h2-8H,1H3;1-8H. The van der Waals surface area contributed by atoms with Crippen LogP contribution in [0.25, 0.3) is 21.5 Å². The van der Waals surface area contributed by atoms with E-state index in [9.17, 15) is 0 Å². The highest BCUT2D eigenvalue weighted by molar-refractivity contribution is 5.88. The quantitative estimate of drug-likeness (QED) is 0.437. The minimum Gasteiger partial charge on any atom is -0.496 e. The van der Waals surface area contributed by atoms with Crippen molar-refractivity contribution in [3.05, 3.63) is 91.0 Å². The third-order valence-corrected chi connectivity index (χ3v) is 3.63. The van der Waals surface area contributed by atoms with Crippen molar-refractivity contribution in [1.82, 2.24) is 0 Å². The summed E-state index contributed by atoms with van der Waals surface area (Å²) in [7, 11) is 1.70. The number of hydrogen-bond donors (Lipinski definition) is 0. The van der Waals surface area contributed by atoms with Crippen molar-refractivity contribution in [1.29, 1.82) is 0 Å². The molecule has 22 heavy (non-hydrogen) atoms. The van der Waals surface area contributed by atoms with Crippen molar-refractivity contribution in [2.24, 2.45) is 0 Å². The number of rotatable bonds is 1. The van der Waals surface area contributed by atoms with Gasteiger partial charge in [0.1, 0.15) is 5.75 Å². The Kier molecular flexibility index (Phi) is 4.35. The van der Waals surface area contributed by atoms with Gasteiger partial charge in [-0.3, -0.25) is 0 Å². The van der Waals surface area contributed by atoms with Crippen LogP contribution < -0.4 is 4.74 Å². The molecule has 0 aliphatic rings. The maximum absolute atomic E-state index is 5.23. The molecule has 0 N–H and O–H groups in total. The fourth-order valence-corrected chi connectivity index (χ4v) is 2.51. The fraction of sp³-hybridized carbons (Fsp3) is 0.0476. The zero-order valence-corrected chi connectivity index (χ0v) is 12.6. The molecule has 4 rings (SSSR count). The van der Waals surface area contributed by atoms with Gasteiger partial charge in [0, 0.05) is 5.39 Å². The number of methoxy groups -OCH3 is 1. The molecule has 0 unspecified atom stereocenters. The van der Waals surface area contributed by atoms with E-state index in [-0.39, 0.29) is 0 Å². The molecule has 0 aliphatic heterocycles. The van der Waals surface area contributed by atoms with Gasteiger partial charge in [-0.05, 0) is 22.2 Å². The van der Waals surface area contributed by atoms with Gasteiger partial charge in [-0.1, -0.05) is 84.9 Å². The first-order valence-electron chi connectivity index (χ1n) is 7.34. The van der Waals surface area contributed by atoms with Crippen molar-refractivity contribution in [3.8, 4) is 5.75 Å². The van der Waals surface area contributed by atoms with E-state index in [1.165, 1.54) is 21.5 Å². The van der Waals surface area contributed by atoms with Crippen LogP contribution in [0.2, 0.25) is 0 Å². The van der Waals surface area contributed by atoms with Gasteiger partial charge in [-0.15, -0.1) is 0 Å². The van der Waals surface area contributed by atoms with Gasteiger partial charge in [-0.25, -0.2) is 0 Å². The zero-order chi connectivity index (χ0) is 15.2. The van der Waals surface area contributed by atoms with E-state index in [2.05, 4.69) is 66.7 Å². The van der Waals surface area contributed by atoms with E-state index in [4.69, 9.17) is 4.74 Å². The molecule has 0 amide bonds. The Labute approximate surface area is 130 Å². The first kappa shape index (κ1) is 14.2. The molecule has 108 valence electrons. The van der Waals surface area contributed by atoms with Gasteiger partial charge in [-0.2, -0.15) is 0 Å². The fourth-order valence-electron chi connectivity index (χ4n) is 2.51. The Morgan fingerprint density at radius 1 is 0.500 bits per heavy atom. The Morgan fingerprint density at radius 3 is 1.50 bits per heavy atom. The summed E-state index contributed by atoms with van der Waals surface area (Å²) < 4.78 is 5.23. The average Bonchev–Trinajstić information content (AvgIpc) is 2.62. The normalized spacial score (nSPS) is 10.0. The number of ether oxygens (including phenoxy) is 1. The smallest absolute Gasteiger partial charge is 0.126 e. The van der Waals surface area contributed by atoms with Crippen LogP contribution in [0.1, 0.15) is 0 Å². The second-order valence-electron chi connectivity index (χ2n) is 5.03. The van der Waals surface area contributed by atoms with E-state index in [0.717, 1.165) is 5.75 Å². The van der Waals surface area contributed by atoms with Gasteiger partial charge in [0.05, 0.1) is 7.11 Å². The van der Waals surface area contributed by atoms with E-state index in [0.29, 0.717) is 0 Å². The molecule has 0 spiro atoms. The topological polar surface area (TPSA) is 9.23 Å². The molecule has 1 nitrogen and oxygen atoms in total. The predicted molar refractivity (Wildman–Crippen MR) is 94.4 cm³/mol. The molecule has 4 aromatic rings. The number of fused-ring (bicyclic) bond motifs is 2. The van der Waals surface area contributed by atoms with Crippen LogP contribution in [0.15, 0.2) is 91.0 Å². The lowest BCUT2D eigenvalue weighted by atomic mass is 10.1. The van der Waals surface area contributed by atoms with Gasteiger partial charge >= 0.3 is 0 Å². The summed E-state index contributed by atoms with van der Waals surface area (Å²) in [6.07, 6.45) is 0. The summed E-state index contributed by atoms with van der Waals surface area (Å²) >= 11 is 0. The van der Waals surface area contributed by atoms with Crippen LogP contribution in [0.5, 0.6) is 5.75 Å². The van der Waals surface area contributed by atoms with Crippen LogP contribution in [0.4, 0.5) is 0 Å². The second kappa shape index (κ2) is 6.77. The van der Waals surface area contributed by atoms with Crippen LogP contribution >= 0.6 is 0 Å². The highest BCUT2D eigenvalue weighted by Crippen LogP contribution is 2.24. The summed E-state index contributed by atoms with van der Waals surface area (Å²) in [5, 5.41) is 5.01. The summed E-state index contributed by atoms with van der Waals surface area (Å²) in [6, 6.07) is 31.0. The van der Waals surface area contributed by atoms with Gasteiger partial charge in [0.15, 0.2) is 0 Å². The first-order valence-corrected chi connectivity index (χ1v) is 7.34. The maximum atomic E-state index is 5.23. The minimum atomic E-state index is 0.938. The molecule has 0 fully saturated rings. The van der Waals surface area contributed by atoms with Crippen molar-refractivity contribution < 1.29 is 4.74 Å². The van der Waals surface area contributed by atoms with Crippen molar-refractivity contribution in [2.75, 3.05) is 7.11 Å². The molecule has 4 aromatic carbocycles. The van der Waals surface area contributed by atoms with Crippen molar-refractivity contribution in [3.63, 3.8) is 0 Å². The summed E-state index contributed by atoms with van der Waals surface area (Å²) in [5.41, 5.74) is 0. The summed E-state index contributed by atoms with van der Waals surface area (Å²) in [6.45, 7) is 0. The lowest BCUT2D eigenvalue weighted by molar-refractivity contribution is 0.420. The van der Waals surface area contributed by atoms with E-state index < -0.39 is 0 Å². The molecule has 0 bridgehead atoms. The molecule has 0 atom stereocenters. The molecule has 0 aliphatic carbocycles. The van der Waals surface area contributed by atoms with Gasteiger partial charge in [0.25, 0.3) is 0 Å². The highest BCUT2D eigenvalue weighted by atomic mass is 16.5. The van der Waals surface area contributed by atoms with Gasteiger partial charge in [0.2, 0.25) is 0 Å². The van der Waals surface area contributed by atoms with Crippen LogP contribution in [0.3, 0.4) is 0 Å². The van der Waals surface area contributed by atoms with Crippen molar-refractivity contribution >= 4 is 21.5 Å². The average molecular weight is 286 g/mol. The van der Waals surface area contributed by atoms with Crippen LogP contribution in [-0.4, -0.2) is 7.11 Å². The Morgan fingerprint density at radius 2 is 0.955 bits per heavy atom. The molecular weight excluding hydrogens is 268 g/mol. The summed E-state index contributed by atoms with van der Waals surface area (Å²) in [4.78, 5) is 0. The monoisotopic (exact) mass is 286 g/mol. The molecule has 0 saturated carbocycles. The molecule has 0 saturated heterocycles. The Bertz CT molecular complexity index is 810. The molecule has 1 heteroatoms. The summed E-state index contributed by atoms with van der Waals surface area (Å²) in [5.74, 6) is 0.938. The Balaban J connectivity index is 0.000000133. The predicted octanol–water partition coefficient (Wildman–Crippen LogP) is 5.69. The number of benzene rings is 4. The second-order valence-corrected chi connectivity index (χ2v) is 5.03. The Hall–Kier alpha value is -2.80. The lowest BCUT2D eigenvalue weighted by Crippen LogP contribution is -1.83.